The van der Waals surface area contributed by atoms with Crippen LogP contribution in [0.25, 0.3) is 0 Å². The van der Waals surface area contributed by atoms with E-state index in [1.165, 1.54) is 34.6 Å². The molecule has 11 heteroatoms. The molecule has 7 nitrogen and oxygen atoms in total. The number of halogens is 2. The highest BCUT2D eigenvalue weighted by Gasteiger charge is 2.33. The normalized spacial score (nSPS) is 17.4. The Kier molecular flexibility index (Phi) is 6.33. The van der Waals surface area contributed by atoms with Gasteiger partial charge in [0, 0.05) is 24.7 Å². The number of hydrogen-bond acceptors (Lipinski definition) is 6. The van der Waals surface area contributed by atoms with Gasteiger partial charge < -0.3 is 5.32 Å². The number of nitrogens with one attached hydrogen (secondary N) is 1. The predicted octanol–water partition coefficient (Wildman–Crippen LogP) is 4.15. The third-order valence-corrected chi connectivity index (χ3v) is 8.37. The first-order valence-electron chi connectivity index (χ1n) is 9.49. The maximum absolute atomic E-state index is 13.0. The topological polar surface area (TPSA) is 92.3 Å². The van der Waals surface area contributed by atoms with Gasteiger partial charge in [-0.3, -0.25) is 4.79 Å². The van der Waals surface area contributed by atoms with E-state index in [4.69, 9.17) is 11.6 Å². The molecule has 0 unspecified atom stereocenters. The van der Waals surface area contributed by atoms with Crippen molar-refractivity contribution in [2.24, 2.45) is 0 Å². The molecule has 0 radical (unpaired) electrons. The van der Waals surface area contributed by atoms with Gasteiger partial charge in [-0.1, -0.05) is 35.1 Å². The zero-order valence-corrected chi connectivity index (χ0v) is 18.6. The first-order valence-corrected chi connectivity index (χ1v) is 12.1. The molecule has 2 heterocycles. The average Bonchev–Trinajstić information content (AvgIpc) is 3.26. The van der Waals surface area contributed by atoms with Crippen LogP contribution >= 0.6 is 22.9 Å². The lowest BCUT2D eigenvalue weighted by atomic mass is 10.0. The summed E-state index contributed by atoms with van der Waals surface area (Å²) in [7, 11) is -3.74. The SMILES string of the molecule is O=C(Nc1ccc(F)cc1)c1nnc([C@H]2CCCN(S(=O)(=O)c3ccccc3Cl)C2)s1. The molecule has 162 valence electrons. The zero-order valence-electron chi connectivity index (χ0n) is 16.2. The van der Waals surface area contributed by atoms with Crippen LogP contribution in [-0.2, 0) is 10.0 Å². The van der Waals surface area contributed by atoms with E-state index in [1.54, 1.807) is 18.2 Å². The molecule has 0 saturated carbocycles. The third-order valence-electron chi connectivity index (χ3n) is 4.92. The molecular weight excluding hydrogens is 463 g/mol. The number of anilines is 1. The summed E-state index contributed by atoms with van der Waals surface area (Å²) in [4.78, 5) is 12.5. The Morgan fingerprint density at radius 1 is 1.16 bits per heavy atom. The van der Waals surface area contributed by atoms with Crippen molar-refractivity contribution in [3.05, 3.63) is 69.4 Å². The van der Waals surface area contributed by atoms with E-state index in [0.717, 1.165) is 17.8 Å². The second kappa shape index (κ2) is 8.99. The summed E-state index contributed by atoms with van der Waals surface area (Å²) < 4.78 is 40.5. The summed E-state index contributed by atoms with van der Waals surface area (Å²) in [6.45, 7) is 0.628. The number of sulfonamides is 1. The molecule has 1 aromatic heterocycles. The monoisotopic (exact) mass is 480 g/mol. The lowest BCUT2D eigenvalue weighted by Gasteiger charge is -2.30. The van der Waals surface area contributed by atoms with Gasteiger partial charge in [0.2, 0.25) is 15.0 Å². The molecule has 0 spiro atoms. The highest BCUT2D eigenvalue weighted by Crippen LogP contribution is 2.33. The molecule has 1 N–H and O–H groups in total. The Morgan fingerprint density at radius 3 is 2.65 bits per heavy atom. The molecule has 1 amide bonds. The minimum absolute atomic E-state index is 0.0777. The van der Waals surface area contributed by atoms with Gasteiger partial charge in [0.1, 0.15) is 15.7 Å². The van der Waals surface area contributed by atoms with E-state index in [-0.39, 0.29) is 27.4 Å². The van der Waals surface area contributed by atoms with Gasteiger partial charge in [0.25, 0.3) is 5.91 Å². The van der Waals surface area contributed by atoms with E-state index in [1.807, 2.05) is 0 Å². The van der Waals surface area contributed by atoms with Gasteiger partial charge in [-0.2, -0.15) is 4.31 Å². The number of carbonyl (C=O) groups excluding carboxylic acids is 1. The van der Waals surface area contributed by atoms with Gasteiger partial charge >= 0.3 is 0 Å². The summed E-state index contributed by atoms with van der Waals surface area (Å²) in [5, 5.41) is 11.7. The lowest BCUT2D eigenvalue weighted by Crippen LogP contribution is -2.39. The van der Waals surface area contributed by atoms with Crippen molar-refractivity contribution in [2.75, 3.05) is 18.4 Å². The summed E-state index contributed by atoms with van der Waals surface area (Å²) in [6, 6.07) is 11.8. The Labute approximate surface area is 187 Å². The van der Waals surface area contributed by atoms with Crippen LogP contribution in [0.4, 0.5) is 10.1 Å². The molecule has 1 fully saturated rings. The smallest absolute Gasteiger partial charge is 0.286 e. The summed E-state index contributed by atoms with van der Waals surface area (Å²) in [5.74, 6) is -1.02. The van der Waals surface area contributed by atoms with Crippen molar-refractivity contribution in [2.45, 2.75) is 23.7 Å². The van der Waals surface area contributed by atoms with Crippen LogP contribution < -0.4 is 5.32 Å². The quantitative estimate of drug-likeness (QED) is 0.592. The van der Waals surface area contributed by atoms with Gasteiger partial charge in [-0.05, 0) is 49.2 Å². The van der Waals surface area contributed by atoms with Gasteiger partial charge in [0.15, 0.2) is 0 Å². The average molecular weight is 481 g/mol. The van der Waals surface area contributed by atoms with E-state index < -0.39 is 21.7 Å². The molecule has 1 saturated heterocycles. The summed E-state index contributed by atoms with van der Waals surface area (Å²) >= 11 is 7.23. The molecule has 1 aliphatic rings. The van der Waals surface area contributed by atoms with Crippen LogP contribution in [0.5, 0.6) is 0 Å². The summed E-state index contributed by atoms with van der Waals surface area (Å²) in [6.07, 6.45) is 1.40. The number of hydrogen-bond donors (Lipinski definition) is 1. The number of amides is 1. The molecule has 31 heavy (non-hydrogen) atoms. The molecule has 0 bridgehead atoms. The van der Waals surface area contributed by atoms with E-state index >= 15 is 0 Å². The maximum atomic E-state index is 13.0. The summed E-state index contributed by atoms with van der Waals surface area (Å²) in [5.41, 5.74) is 0.442. The molecule has 1 atom stereocenters. The fourth-order valence-corrected chi connectivity index (χ4v) is 6.25. The van der Waals surface area contributed by atoms with Crippen LogP contribution in [0.1, 0.15) is 33.6 Å². The van der Waals surface area contributed by atoms with Gasteiger partial charge in [0.05, 0.1) is 5.02 Å². The highest BCUT2D eigenvalue weighted by atomic mass is 35.5. The zero-order chi connectivity index (χ0) is 22.0. The van der Waals surface area contributed by atoms with Crippen molar-refractivity contribution in [3.63, 3.8) is 0 Å². The fourth-order valence-electron chi connectivity index (χ4n) is 3.36. The third kappa shape index (κ3) is 4.77. The van der Waals surface area contributed by atoms with Crippen LogP contribution in [0, 0.1) is 5.82 Å². The molecule has 2 aromatic carbocycles. The number of nitrogens with zero attached hydrogens (tertiary/aromatic N) is 3. The minimum Gasteiger partial charge on any atom is -0.320 e. The molecule has 0 aliphatic carbocycles. The lowest BCUT2D eigenvalue weighted by molar-refractivity contribution is 0.102. The van der Waals surface area contributed by atoms with Crippen molar-refractivity contribution < 1.29 is 17.6 Å². The number of rotatable bonds is 5. The van der Waals surface area contributed by atoms with E-state index in [9.17, 15) is 17.6 Å². The number of aromatic nitrogens is 2. The van der Waals surface area contributed by atoms with Crippen molar-refractivity contribution in [1.82, 2.24) is 14.5 Å². The van der Waals surface area contributed by atoms with Crippen molar-refractivity contribution in [1.29, 1.82) is 0 Å². The van der Waals surface area contributed by atoms with Gasteiger partial charge in [-0.15, -0.1) is 10.2 Å². The Balaban J connectivity index is 1.48. The second-order valence-electron chi connectivity index (χ2n) is 7.04. The molecular formula is C20H18ClFN4O3S2. The van der Waals surface area contributed by atoms with E-state index in [2.05, 4.69) is 15.5 Å². The minimum atomic E-state index is -3.74. The Morgan fingerprint density at radius 2 is 1.90 bits per heavy atom. The molecule has 3 aromatic rings. The highest BCUT2D eigenvalue weighted by molar-refractivity contribution is 7.89. The van der Waals surface area contributed by atoms with Crippen LogP contribution in [0.15, 0.2) is 53.4 Å². The maximum Gasteiger partial charge on any atom is 0.286 e. The van der Waals surface area contributed by atoms with Crippen molar-refractivity contribution in [3.8, 4) is 0 Å². The second-order valence-corrected chi connectivity index (χ2v) is 10.4. The standard InChI is InChI=1S/C20H18ClFN4O3S2/c21-16-5-1-2-6-17(16)31(28,29)26-11-3-4-13(12-26)19-24-25-20(30-19)18(27)23-15-9-7-14(22)8-10-15/h1-2,5-10,13H,3-4,11-12H2,(H,23,27)/t13-/m0/s1. The first-order chi connectivity index (χ1) is 14.8. The Bertz CT molecular complexity index is 1200. The number of piperidine rings is 1. The Hall–Kier alpha value is -2.40. The fraction of sp³-hybridized carbons (Fsp3) is 0.250. The van der Waals surface area contributed by atoms with Crippen molar-refractivity contribution >= 4 is 44.6 Å². The first kappa shape index (κ1) is 21.8. The molecule has 1 aliphatic heterocycles. The largest absolute Gasteiger partial charge is 0.320 e. The van der Waals surface area contributed by atoms with Gasteiger partial charge in [-0.25, -0.2) is 12.8 Å². The van der Waals surface area contributed by atoms with E-state index in [0.29, 0.717) is 23.7 Å². The molecule has 4 rings (SSSR count). The number of carbonyl (C=O) groups is 1. The number of benzene rings is 2. The van der Waals surface area contributed by atoms with Crippen LogP contribution in [0.3, 0.4) is 0 Å². The van der Waals surface area contributed by atoms with Crippen LogP contribution in [-0.4, -0.2) is 41.9 Å². The predicted molar refractivity (Wildman–Crippen MR) is 116 cm³/mol. The van der Waals surface area contributed by atoms with Crippen LogP contribution in [0.2, 0.25) is 5.02 Å².